The Bertz CT molecular complexity index is 1220. The van der Waals surface area contributed by atoms with Crippen LogP contribution in [0.25, 0.3) is 11.2 Å². The van der Waals surface area contributed by atoms with E-state index in [-0.39, 0.29) is 5.88 Å². The molecule has 4 rings (SSSR count). The van der Waals surface area contributed by atoms with E-state index in [1.54, 1.807) is 18.5 Å². The van der Waals surface area contributed by atoms with Gasteiger partial charge in [0.15, 0.2) is 11.5 Å². The third-order valence-electron chi connectivity index (χ3n) is 4.49. The first-order valence-corrected chi connectivity index (χ1v) is 9.36. The van der Waals surface area contributed by atoms with Gasteiger partial charge in [-0.15, -0.1) is 0 Å². The van der Waals surface area contributed by atoms with Gasteiger partial charge in [-0.3, -0.25) is 0 Å². The molecule has 156 valence electrons. The highest BCUT2D eigenvalue weighted by molar-refractivity contribution is 6.34. The largest absolute Gasteiger partial charge is 0.440 e. The lowest BCUT2D eigenvalue weighted by atomic mass is 9.92. The van der Waals surface area contributed by atoms with Crippen LogP contribution in [0.15, 0.2) is 55.2 Å². The standard InChI is InChI=1S/C20H16BF3N6O/c21-14-9-12(3-5-27-18-17-19(30-11-29-18)28-8-7-26-17)1-2-15(14)31-16-10-13(4-6-25-16)20(22,23)24/h1-2,4,6-11H,3,5,21H2,(H,27,28,29,30). The molecule has 0 bridgehead atoms. The molecule has 1 aromatic carbocycles. The summed E-state index contributed by atoms with van der Waals surface area (Å²) < 4.78 is 44.1. The van der Waals surface area contributed by atoms with Crippen LogP contribution in [0.5, 0.6) is 11.6 Å². The number of pyridine rings is 1. The molecule has 0 fully saturated rings. The lowest BCUT2D eigenvalue weighted by Crippen LogP contribution is -2.12. The first-order chi connectivity index (χ1) is 14.9. The average Bonchev–Trinajstić information content (AvgIpc) is 2.75. The summed E-state index contributed by atoms with van der Waals surface area (Å²) in [6.45, 7) is 0.595. The molecule has 7 nitrogen and oxygen atoms in total. The number of alkyl halides is 3. The highest BCUT2D eigenvalue weighted by Gasteiger charge is 2.31. The molecule has 0 unspecified atom stereocenters. The molecule has 0 spiro atoms. The number of hydrogen-bond acceptors (Lipinski definition) is 7. The van der Waals surface area contributed by atoms with Crippen molar-refractivity contribution < 1.29 is 17.9 Å². The Morgan fingerprint density at radius 1 is 0.935 bits per heavy atom. The van der Waals surface area contributed by atoms with Crippen LogP contribution in [0.2, 0.25) is 0 Å². The first-order valence-electron chi connectivity index (χ1n) is 9.36. The smallest absolute Gasteiger partial charge is 0.416 e. The van der Waals surface area contributed by atoms with Gasteiger partial charge < -0.3 is 10.1 Å². The van der Waals surface area contributed by atoms with E-state index < -0.39 is 11.7 Å². The number of rotatable bonds is 6. The van der Waals surface area contributed by atoms with E-state index in [1.165, 1.54) is 6.33 Å². The Hall–Kier alpha value is -3.76. The van der Waals surface area contributed by atoms with Gasteiger partial charge in [0.2, 0.25) is 5.88 Å². The number of fused-ring (bicyclic) bond motifs is 1. The van der Waals surface area contributed by atoms with Crippen molar-refractivity contribution >= 4 is 30.3 Å². The number of hydrogen-bond donors (Lipinski definition) is 1. The van der Waals surface area contributed by atoms with Crippen molar-refractivity contribution in [2.45, 2.75) is 12.6 Å². The highest BCUT2D eigenvalue weighted by Crippen LogP contribution is 2.31. The minimum Gasteiger partial charge on any atom is -0.440 e. The average molecular weight is 424 g/mol. The molecule has 0 aliphatic carbocycles. The van der Waals surface area contributed by atoms with Gasteiger partial charge in [0.25, 0.3) is 0 Å². The maximum absolute atomic E-state index is 12.9. The number of ether oxygens (including phenoxy) is 1. The predicted octanol–water partition coefficient (Wildman–Crippen LogP) is 2.54. The zero-order valence-electron chi connectivity index (χ0n) is 16.4. The van der Waals surface area contributed by atoms with Crippen molar-refractivity contribution in [2.75, 3.05) is 11.9 Å². The molecular weight excluding hydrogens is 408 g/mol. The maximum atomic E-state index is 12.9. The molecule has 0 radical (unpaired) electrons. The molecule has 3 aromatic heterocycles. The molecule has 0 aliphatic rings. The molecule has 3 heterocycles. The Balaban J connectivity index is 1.41. The van der Waals surface area contributed by atoms with Crippen LogP contribution in [0.3, 0.4) is 0 Å². The fourth-order valence-corrected chi connectivity index (χ4v) is 2.98. The zero-order valence-corrected chi connectivity index (χ0v) is 16.4. The van der Waals surface area contributed by atoms with Crippen molar-refractivity contribution in [2.24, 2.45) is 0 Å². The first kappa shape index (κ1) is 20.5. The maximum Gasteiger partial charge on any atom is 0.416 e. The molecule has 0 atom stereocenters. The van der Waals surface area contributed by atoms with E-state index in [2.05, 4.69) is 30.2 Å². The van der Waals surface area contributed by atoms with Crippen LogP contribution in [0.1, 0.15) is 11.1 Å². The minimum atomic E-state index is -4.45. The number of aromatic nitrogens is 5. The second kappa shape index (κ2) is 8.54. The Kier molecular flexibility index (Phi) is 5.65. The van der Waals surface area contributed by atoms with Crippen LogP contribution < -0.4 is 15.5 Å². The van der Waals surface area contributed by atoms with Crippen molar-refractivity contribution in [3.05, 3.63) is 66.4 Å². The molecule has 0 aliphatic heterocycles. The monoisotopic (exact) mass is 424 g/mol. The zero-order chi connectivity index (χ0) is 21.8. The molecule has 11 heteroatoms. The predicted molar refractivity (Wildman–Crippen MR) is 111 cm³/mol. The van der Waals surface area contributed by atoms with E-state index >= 15 is 0 Å². The van der Waals surface area contributed by atoms with Gasteiger partial charge in [0.1, 0.15) is 25.4 Å². The summed E-state index contributed by atoms with van der Waals surface area (Å²) in [4.78, 5) is 20.5. The van der Waals surface area contributed by atoms with E-state index in [0.717, 1.165) is 29.4 Å². The normalized spacial score (nSPS) is 11.5. The number of nitrogens with zero attached hydrogens (tertiary/aromatic N) is 5. The third-order valence-corrected chi connectivity index (χ3v) is 4.49. The van der Waals surface area contributed by atoms with Crippen LogP contribution >= 0.6 is 0 Å². The minimum absolute atomic E-state index is 0.107. The summed E-state index contributed by atoms with van der Waals surface area (Å²) in [5.74, 6) is 0.940. The van der Waals surface area contributed by atoms with E-state index in [1.807, 2.05) is 20.0 Å². The SMILES string of the molecule is Bc1cc(CCNc2ncnc3nccnc23)ccc1Oc1cc(C(F)(F)F)ccn1. The van der Waals surface area contributed by atoms with Crippen LogP contribution in [-0.4, -0.2) is 39.3 Å². The second-order valence-corrected chi connectivity index (χ2v) is 6.71. The highest BCUT2D eigenvalue weighted by atomic mass is 19.4. The lowest BCUT2D eigenvalue weighted by molar-refractivity contribution is -0.137. The summed E-state index contributed by atoms with van der Waals surface area (Å²) in [5.41, 5.74) is 2.12. The Morgan fingerprint density at radius 2 is 1.77 bits per heavy atom. The molecule has 4 aromatic rings. The van der Waals surface area contributed by atoms with Crippen LogP contribution in [0, 0.1) is 0 Å². The molecule has 1 N–H and O–H groups in total. The topological polar surface area (TPSA) is 85.7 Å². The number of halogens is 3. The number of anilines is 1. The Labute approximate surface area is 176 Å². The lowest BCUT2D eigenvalue weighted by Gasteiger charge is -2.12. The van der Waals surface area contributed by atoms with Crippen molar-refractivity contribution in [1.82, 2.24) is 24.9 Å². The Morgan fingerprint density at radius 3 is 2.58 bits per heavy atom. The van der Waals surface area contributed by atoms with Crippen molar-refractivity contribution in [1.29, 1.82) is 0 Å². The van der Waals surface area contributed by atoms with Crippen molar-refractivity contribution in [3.8, 4) is 11.6 Å². The summed E-state index contributed by atoms with van der Waals surface area (Å²) in [7, 11) is 1.83. The fraction of sp³-hybridized carbons (Fsp3) is 0.150. The van der Waals surface area contributed by atoms with Gasteiger partial charge in [0, 0.05) is 31.2 Å². The van der Waals surface area contributed by atoms with Gasteiger partial charge >= 0.3 is 6.18 Å². The molecule has 31 heavy (non-hydrogen) atoms. The van der Waals surface area contributed by atoms with Gasteiger partial charge in [-0.1, -0.05) is 12.1 Å². The molecule has 0 amide bonds. The van der Waals surface area contributed by atoms with Crippen LogP contribution in [0.4, 0.5) is 19.0 Å². The van der Waals surface area contributed by atoms with Gasteiger partial charge in [0.05, 0.1) is 5.56 Å². The van der Waals surface area contributed by atoms with Gasteiger partial charge in [-0.2, -0.15) is 13.2 Å². The third kappa shape index (κ3) is 4.88. The quantitative estimate of drug-likeness (QED) is 0.476. The van der Waals surface area contributed by atoms with E-state index in [0.29, 0.717) is 35.7 Å². The summed E-state index contributed by atoms with van der Waals surface area (Å²) in [5, 5.41) is 3.23. The van der Waals surface area contributed by atoms with Gasteiger partial charge in [-0.25, -0.2) is 24.9 Å². The second-order valence-electron chi connectivity index (χ2n) is 6.71. The fourth-order valence-electron chi connectivity index (χ4n) is 2.98. The number of benzene rings is 1. The summed E-state index contributed by atoms with van der Waals surface area (Å²) in [6, 6.07) is 7.28. The van der Waals surface area contributed by atoms with E-state index in [9.17, 15) is 13.2 Å². The summed E-state index contributed by atoms with van der Waals surface area (Å²) in [6.07, 6.45) is 1.90. The molecule has 0 saturated heterocycles. The summed E-state index contributed by atoms with van der Waals surface area (Å²) >= 11 is 0. The molecule has 0 saturated carbocycles. The van der Waals surface area contributed by atoms with Gasteiger partial charge in [-0.05, 0) is 29.6 Å². The molecular formula is C20H16BF3N6O. The van der Waals surface area contributed by atoms with Crippen molar-refractivity contribution in [3.63, 3.8) is 0 Å². The van der Waals surface area contributed by atoms with Crippen LogP contribution in [-0.2, 0) is 12.6 Å². The van der Waals surface area contributed by atoms with E-state index in [4.69, 9.17) is 4.74 Å². The number of nitrogens with one attached hydrogen (secondary N) is 1.